The van der Waals surface area contributed by atoms with Gasteiger partial charge in [-0.2, -0.15) is 5.10 Å². The number of halogens is 1. The van der Waals surface area contributed by atoms with Gasteiger partial charge in [0.1, 0.15) is 5.69 Å². The van der Waals surface area contributed by atoms with E-state index < -0.39 is 0 Å². The van der Waals surface area contributed by atoms with Crippen LogP contribution >= 0.6 is 12.4 Å². The molecule has 1 amide bonds. The number of likely N-dealkylation sites (tertiary alicyclic amines) is 1. The van der Waals surface area contributed by atoms with Crippen LogP contribution in [0.4, 0.5) is 0 Å². The Kier molecular flexibility index (Phi) is 8.19. The highest BCUT2D eigenvalue weighted by molar-refractivity contribution is 5.92. The number of nitrogens with zero attached hydrogens (tertiary/aromatic N) is 3. The predicted octanol–water partition coefficient (Wildman–Crippen LogP) is 2.22. The monoisotopic (exact) mass is 369 g/mol. The molecule has 0 aliphatic carbocycles. The molecule has 1 aromatic rings. The topological polar surface area (TPSA) is 62.2 Å². The maximum Gasteiger partial charge on any atom is 0.271 e. The van der Waals surface area contributed by atoms with Crippen LogP contribution in [0.1, 0.15) is 62.0 Å². The normalized spacial score (nSPS) is 24.5. The third kappa shape index (κ3) is 5.69. The number of hydrogen-bond donors (Lipinski definition) is 2. The zero-order chi connectivity index (χ0) is 16.8. The Morgan fingerprint density at radius 1 is 1.36 bits per heavy atom. The van der Waals surface area contributed by atoms with Gasteiger partial charge in [-0.15, -0.1) is 12.4 Å². The van der Waals surface area contributed by atoms with Crippen LogP contribution in [0.5, 0.6) is 0 Å². The molecule has 2 aliphatic heterocycles. The summed E-state index contributed by atoms with van der Waals surface area (Å²) in [6.45, 7) is 7.33. The molecule has 2 aliphatic rings. The van der Waals surface area contributed by atoms with Crippen molar-refractivity contribution in [2.75, 3.05) is 32.7 Å². The average Bonchev–Trinajstić information content (AvgIpc) is 3.11. The van der Waals surface area contributed by atoms with Gasteiger partial charge in [-0.05, 0) is 58.2 Å². The summed E-state index contributed by atoms with van der Waals surface area (Å²) in [7, 11) is 0. The quantitative estimate of drug-likeness (QED) is 0.755. The molecule has 0 spiro atoms. The van der Waals surface area contributed by atoms with E-state index in [-0.39, 0.29) is 18.3 Å². The first kappa shape index (κ1) is 20.2. The van der Waals surface area contributed by atoms with Gasteiger partial charge < -0.3 is 15.5 Å². The summed E-state index contributed by atoms with van der Waals surface area (Å²) in [5.74, 6) is -0.0517. The van der Waals surface area contributed by atoms with E-state index in [2.05, 4.69) is 27.6 Å². The van der Waals surface area contributed by atoms with Crippen LogP contribution < -0.4 is 10.6 Å². The first-order valence-corrected chi connectivity index (χ1v) is 9.52. The fourth-order valence-electron chi connectivity index (χ4n) is 3.79. The van der Waals surface area contributed by atoms with Gasteiger partial charge in [0.2, 0.25) is 0 Å². The lowest BCUT2D eigenvalue weighted by Crippen LogP contribution is -2.39. The van der Waals surface area contributed by atoms with Gasteiger partial charge in [-0.3, -0.25) is 9.48 Å². The lowest BCUT2D eigenvalue weighted by atomic mass is 10.0. The minimum absolute atomic E-state index is 0. The molecule has 7 heteroatoms. The molecule has 0 bridgehead atoms. The van der Waals surface area contributed by atoms with Crippen LogP contribution in [0.2, 0.25) is 0 Å². The van der Waals surface area contributed by atoms with Gasteiger partial charge in [-0.25, -0.2) is 0 Å². The molecule has 25 heavy (non-hydrogen) atoms. The molecule has 3 rings (SSSR count). The maximum absolute atomic E-state index is 12.2. The molecule has 0 aromatic carbocycles. The van der Waals surface area contributed by atoms with Crippen LogP contribution in [0.15, 0.2) is 12.3 Å². The fraction of sp³-hybridized carbons (Fsp3) is 0.778. The minimum Gasteiger partial charge on any atom is -0.351 e. The van der Waals surface area contributed by atoms with Crippen molar-refractivity contribution in [3.05, 3.63) is 18.0 Å². The molecule has 3 heterocycles. The third-order valence-electron chi connectivity index (χ3n) is 5.33. The Bertz CT molecular complexity index is 529. The van der Waals surface area contributed by atoms with Crippen molar-refractivity contribution in [3.63, 3.8) is 0 Å². The zero-order valence-electron chi connectivity index (χ0n) is 15.2. The summed E-state index contributed by atoms with van der Waals surface area (Å²) in [6, 6.07) is 2.89. The minimum atomic E-state index is -0.0517. The number of nitrogens with one attached hydrogen (secondary N) is 2. The summed E-state index contributed by atoms with van der Waals surface area (Å²) >= 11 is 0. The molecule has 2 atom stereocenters. The van der Waals surface area contributed by atoms with Crippen LogP contribution in [0.3, 0.4) is 0 Å². The highest BCUT2D eigenvalue weighted by atomic mass is 35.5. The number of carbonyl (C=O) groups excluding carboxylic acids is 1. The molecule has 2 N–H and O–H groups in total. The van der Waals surface area contributed by atoms with E-state index in [4.69, 9.17) is 0 Å². The van der Waals surface area contributed by atoms with E-state index in [1.807, 2.05) is 16.9 Å². The van der Waals surface area contributed by atoms with E-state index in [1.54, 1.807) is 0 Å². The molecule has 2 fully saturated rings. The van der Waals surface area contributed by atoms with Crippen molar-refractivity contribution in [1.82, 2.24) is 25.3 Å². The van der Waals surface area contributed by atoms with Gasteiger partial charge in [0.05, 0.1) is 6.04 Å². The molecule has 6 nitrogen and oxygen atoms in total. The van der Waals surface area contributed by atoms with Crippen LogP contribution in [0.25, 0.3) is 0 Å². The third-order valence-corrected chi connectivity index (χ3v) is 5.33. The van der Waals surface area contributed by atoms with Crippen molar-refractivity contribution in [2.45, 2.75) is 57.5 Å². The summed E-state index contributed by atoms with van der Waals surface area (Å²) in [4.78, 5) is 14.8. The van der Waals surface area contributed by atoms with E-state index in [1.165, 1.54) is 32.2 Å². The molecule has 1 aromatic heterocycles. The molecule has 142 valence electrons. The largest absolute Gasteiger partial charge is 0.351 e. The second-order valence-corrected chi connectivity index (χ2v) is 7.17. The Morgan fingerprint density at radius 3 is 3.00 bits per heavy atom. The van der Waals surface area contributed by atoms with Crippen molar-refractivity contribution in [3.8, 4) is 0 Å². The number of amides is 1. The second kappa shape index (κ2) is 10.1. The Hall–Kier alpha value is -1.11. The maximum atomic E-state index is 12.2. The molecule has 0 saturated carbocycles. The predicted molar refractivity (Wildman–Crippen MR) is 102 cm³/mol. The SMILES string of the molecule is CC1CCCCN1CCCNC(=O)c1ccn(C2CCCNC2)n1.Cl. The molecule has 0 radical (unpaired) electrons. The van der Waals surface area contributed by atoms with E-state index in [0.29, 0.717) is 17.8 Å². The van der Waals surface area contributed by atoms with E-state index in [0.717, 1.165) is 39.0 Å². The van der Waals surface area contributed by atoms with Crippen LogP contribution in [-0.2, 0) is 0 Å². The lowest BCUT2D eigenvalue weighted by molar-refractivity contribution is 0.0942. The second-order valence-electron chi connectivity index (χ2n) is 7.17. The molecular formula is C18H32ClN5O. The van der Waals surface area contributed by atoms with Crippen LogP contribution in [0, 0.1) is 0 Å². The summed E-state index contributed by atoms with van der Waals surface area (Å²) in [6.07, 6.45) is 9.20. The molecular weight excluding hydrogens is 338 g/mol. The summed E-state index contributed by atoms with van der Waals surface area (Å²) < 4.78 is 1.94. The Labute approximate surface area is 157 Å². The summed E-state index contributed by atoms with van der Waals surface area (Å²) in [5.41, 5.74) is 0.534. The van der Waals surface area contributed by atoms with Gasteiger partial charge in [-0.1, -0.05) is 6.42 Å². The van der Waals surface area contributed by atoms with Gasteiger partial charge in [0.15, 0.2) is 0 Å². The average molecular weight is 370 g/mol. The van der Waals surface area contributed by atoms with Crippen LogP contribution in [-0.4, -0.2) is 59.4 Å². The Morgan fingerprint density at radius 2 is 2.24 bits per heavy atom. The van der Waals surface area contributed by atoms with Crippen molar-refractivity contribution < 1.29 is 4.79 Å². The first-order chi connectivity index (χ1) is 11.7. The highest BCUT2D eigenvalue weighted by Crippen LogP contribution is 2.17. The molecule has 2 unspecified atom stereocenters. The smallest absolute Gasteiger partial charge is 0.271 e. The zero-order valence-corrected chi connectivity index (χ0v) is 16.1. The van der Waals surface area contributed by atoms with Crippen molar-refractivity contribution >= 4 is 18.3 Å². The molecule has 2 saturated heterocycles. The van der Waals surface area contributed by atoms with E-state index in [9.17, 15) is 4.79 Å². The summed E-state index contributed by atoms with van der Waals surface area (Å²) in [5, 5.41) is 10.9. The standard InChI is InChI=1S/C18H31N5O.ClH/c1-15-6-2-3-11-22(15)12-5-10-20-18(24)17-8-13-23(21-17)16-7-4-9-19-14-16;/h8,13,15-16,19H,2-7,9-12,14H2,1H3,(H,20,24);1H. The number of piperidine rings is 2. The fourth-order valence-corrected chi connectivity index (χ4v) is 3.79. The van der Waals surface area contributed by atoms with Gasteiger partial charge in [0.25, 0.3) is 5.91 Å². The van der Waals surface area contributed by atoms with Gasteiger partial charge in [0, 0.05) is 31.9 Å². The number of aromatic nitrogens is 2. The highest BCUT2D eigenvalue weighted by Gasteiger charge is 2.19. The number of rotatable bonds is 6. The van der Waals surface area contributed by atoms with E-state index >= 15 is 0 Å². The van der Waals surface area contributed by atoms with Crippen molar-refractivity contribution in [2.24, 2.45) is 0 Å². The lowest BCUT2D eigenvalue weighted by Gasteiger charge is -2.33. The van der Waals surface area contributed by atoms with Gasteiger partial charge >= 0.3 is 0 Å². The number of carbonyl (C=O) groups is 1. The Balaban J connectivity index is 0.00000225. The van der Waals surface area contributed by atoms with Crippen molar-refractivity contribution in [1.29, 1.82) is 0 Å². The number of hydrogen-bond acceptors (Lipinski definition) is 4. The first-order valence-electron chi connectivity index (χ1n) is 9.52.